The molecule has 0 aliphatic carbocycles. The minimum absolute atomic E-state index is 0.152. The number of fused-ring (bicyclic) bond motifs is 2. The quantitative estimate of drug-likeness (QED) is 0.664. The van der Waals surface area contributed by atoms with Crippen LogP contribution in [0.2, 0.25) is 0 Å². The van der Waals surface area contributed by atoms with Gasteiger partial charge in [-0.05, 0) is 46.4 Å². The smallest absolute Gasteiger partial charge is 0.194 e. The normalized spacial score (nSPS) is 13.8. The third-order valence-electron chi connectivity index (χ3n) is 2.83. The second-order valence-electron chi connectivity index (χ2n) is 3.92. The summed E-state index contributed by atoms with van der Waals surface area (Å²) in [5, 5.41) is 0. The number of hydrogen-bond donors (Lipinski definition) is 0. The van der Waals surface area contributed by atoms with E-state index in [-0.39, 0.29) is 5.78 Å². The molecule has 1 aliphatic rings. The highest BCUT2D eigenvalue weighted by molar-refractivity contribution is 14.1. The van der Waals surface area contributed by atoms with Gasteiger partial charge in [0.15, 0.2) is 5.78 Å². The molecular weight excluding hydrogens is 343 g/mol. The SMILES string of the molecule is O=C1c2ccccc2CSc2ccc(I)cc21. The first-order valence-electron chi connectivity index (χ1n) is 5.30. The lowest BCUT2D eigenvalue weighted by atomic mass is 9.99. The molecule has 0 atom stereocenters. The van der Waals surface area contributed by atoms with Gasteiger partial charge in [0.2, 0.25) is 0 Å². The molecule has 1 nitrogen and oxygen atoms in total. The molecule has 0 fully saturated rings. The Labute approximate surface area is 118 Å². The average Bonchev–Trinajstić information content (AvgIpc) is 2.49. The molecule has 0 amide bonds. The first-order chi connectivity index (χ1) is 8.25. The number of carbonyl (C=O) groups excluding carboxylic acids is 1. The fraction of sp³-hybridized carbons (Fsp3) is 0.0714. The maximum atomic E-state index is 12.5. The van der Waals surface area contributed by atoms with E-state index >= 15 is 0 Å². The number of benzene rings is 2. The number of hydrogen-bond acceptors (Lipinski definition) is 2. The van der Waals surface area contributed by atoms with Crippen molar-refractivity contribution in [3.63, 3.8) is 0 Å². The van der Waals surface area contributed by atoms with E-state index in [2.05, 4.69) is 28.7 Å². The molecule has 0 radical (unpaired) electrons. The molecular formula is C14H9IOS. The Kier molecular flexibility index (Phi) is 2.96. The maximum absolute atomic E-state index is 12.5. The lowest BCUT2D eigenvalue weighted by Crippen LogP contribution is -2.03. The molecule has 1 aliphatic heterocycles. The Morgan fingerprint density at radius 3 is 2.76 bits per heavy atom. The van der Waals surface area contributed by atoms with Gasteiger partial charge in [-0.3, -0.25) is 4.79 Å². The summed E-state index contributed by atoms with van der Waals surface area (Å²) in [6.07, 6.45) is 0. The summed E-state index contributed by atoms with van der Waals surface area (Å²) in [7, 11) is 0. The molecule has 0 N–H and O–H groups in total. The highest BCUT2D eigenvalue weighted by Gasteiger charge is 2.21. The molecule has 0 aromatic heterocycles. The van der Waals surface area contributed by atoms with E-state index in [0.29, 0.717) is 0 Å². The van der Waals surface area contributed by atoms with Crippen LogP contribution in [0.1, 0.15) is 21.5 Å². The second kappa shape index (κ2) is 4.46. The van der Waals surface area contributed by atoms with Crippen LogP contribution in [0.4, 0.5) is 0 Å². The minimum atomic E-state index is 0.152. The highest BCUT2D eigenvalue weighted by Crippen LogP contribution is 2.34. The summed E-state index contributed by atoms with van der Waals surface area (Å²) in [5.41, 5.74) is 2.82. The molecule has 0 saturated carbocycles. The van der Waals surface area contributed by atoms with E-state index in [0.717, 1.165) is 30.9 Å². The third kappa shape index (κ3) is 2.02. The third-order valence-corrected chi connectivity index (χ3v) is 4.62. The molecule has 1 heterocycles. The van der Waals surface area contributed by atoms with Crippen LogP contribution in [0.25, 0.3) is 0 Å². The van der Waals surface area contributed by atoms with Gasteiger partial charge in [0.05, 0.1) is 0 Å². The van der Waals surface area contributed by atoms with Crippen molar-refractivity contribution in [1.29, 1.82) is 0 Å². The van der Waals surface area contributed by atoms with E-state index in [4.69, 9.17) is 0 Å². The average molecular weight is 352 g/mol. The molecule has 0 unspecified atom stereocenters. The Hall–Kier alpha value is -0.810. The maximum Gasteiger partial charge on any atom is 0.194 e. The Morgan fingerprint density at radius 2 is 1.88 bits per heavy atom. The van der Waals surface area contributed by atoms with Gasteiger partial charge in [-0.25, -0.2) is 0 Å². The lowest BCUT2D eigenvalue weighted by Gasteiger charge is -2.04. The van der Waals surface area contributed by atoms with Crippen LogP contribution in [-0.4, -0.2) is 5.78 Å². The van der Waals surface area contributed by atoms with E-state index in [1.165, 1.54) is 0 Å². The van der Waals surface area contributed by atoms with Crippen molar-refractivity contribution in [2.45, 2.75) is 10.6 Å². The molecule has 0 saturated heterocycles. The second-order valence-corrected chi connectivity index (χ2v) is 6.18. The van der Waals surface area contributed by atoms with Crippen LogP contribution in [-0.2, 0) is 5.75 Å². The molecule has 0 bridgehead atoms. The van der Waals surface area contributed by atoms with Gasteiger partial charge >= 0.3 is 0 Å². The van der Waals surface area contributed by atoms with Crippen molar-refractivity contribution in [1.82, 2.24) is 0 Å². The zero-order chi connectivity index (χ0) is 11.8. The zero-order valence-electron chi connectivity index (χ0n) is 8.94. The summed E-state index contributed by atoms with van der Waals surface area (Å²) < 4.78 is 1.11. The number of thioether (sulfide) groups is 1. The van der Waals surface area contributed by atoms with Crippen LogP contribution in [0.15, 0.2) is 47.4 Å². The lowest BCUT2D eigenvalue weighted by molar-refractivity contribution is 0.103. The zero-order valence-corrected chi connectivity index (χ0v) is 11.9. The monoisotopic (exact) mass is 352 g/mol. The summed E-state index contributed by atoms with van der Waals surface area (Å²) in [6.45, 7) is 0. The Balaban J connectivity index is 2.22. The first-order valence-corrected chi connectivity index (χ1v) is 7.37. The van der Waals surface area contributed by atoms with Crippen molar-refractivity contribution in [3.05, 3.63) is 62.7 Å². The topological polar surface area (TPSA) is 17.1 Å². The van der Waals surface area contributed by atoms with Crippen molar-refractivity contribution < 1.29 is 4.79 Å². The molecule has 3 rings (SSSR count). The van der Waals surface area contributed by atoms with Crippen LogP contribution >= 0.6 is 34.4 Å². The number of ketones is 1. The van der Waals surface area contributed by atoms with Gasteiger partial charge in [-0.15, -0.1) is 11.8 Å². The standard InChI is InChI=1S/C14H9IOS/c15-10-5-6-13-12(7-10)14(16)11-4-2-1-3-9(11)8-17-13/h1-7H,8H2. The summed E-state index contributed by atoms with van der Waals surface area (Å²) in [6, 6.07) is 14.0. The minimum Gasteiger partial charge on any atom is -0.289 e. The number of rotatable bonds is 0. The molecule has 0 spiro atoms. The van der Waals surface area contributed by atoms with Gasteiger partial charge in [0, 0.05) is 25.3 Å². The van der Waals surface area contributed by atoms with E-state index in [1.54, 1.807) is 11.8 Å². The van der Waals surface area contributed by atoms with Crippen molar-refractivity contribution in [3.8, 4) is 0 Å². The fourth-order valence-electron chi connectivity index (χ4n) is 1.97. The molecule has 2 aromatic carbocycles. The molecule has 2 aromatic rings. The van der Waals surface area contributed by atoms with Crippen molar-refractivity contribution >= 4 is 40.1 Å². The summed E-state index contributed by atoms with van der Waals surface area (Å²) in [5.74, 6) is 1.02. The largest absolute Gasteiger partial charge is 0.289 e. The first kappa shape index (κ1) is 11.3. The van der Waals surface area contributed by atoms with E-state index in [1.807, 2.05) is 36.4 Å². The van der Waals surface area contributed by atoms with Crippen molar-refractivity contribution in [2.24, 2.45) is 0 Å². The Morgan fingerprint density at radius 1 is 1.06 bits per heavy atom. The van der Waals surface area contributed by atoms with Gasteiger partial charge in [-0.2, -0.15) is 0 Å². The van der Waals surface area contributed by atoms with E-state index in [9.17, 15) is 4.79 Å². The van der Waals surface area contributed by atoms with Crippen molar-refractivity contribution in [2.75, 3.05) is 0 Å². The van der Waals surface area contributed by atoms with Gasteiger partial charge < -0.3 is 0 Å². The van der Waals surface area contributed by atoms with Gasteiger partial charge in [-0.1, -0.05) is 24.3 Å². The molecule has 17 heavy (non-hydrogen) atoms. The van der Waals surface area contributed by atoms with E-state index < -0.39 is 0 Å². The van der Waals surface area contributed by atoms with Crippen LogP contribution in [0.3, 0.4) is 0 Å². The summed E-state index contributed by atoms with van der Waals surface area (Å²) >= 11 is 3.99. The van der Waals surface area contributed by atoms with Gasteiger partial charge in [0.25, 0.3) is 0 Å². The van der Waals surface area contributed by atoms with Crippen LogP contribution < -0.4 is 0 Å². The Bertz CT molecular complexity index is 607. The molecule has 3 heteroatoms. The predicted molar refractivity (Wildman–Crippen MR) is 78.6 cm³/mol. The number of carbonyl (C=O) groups is 1. The molecule has 84 valence electrons. The van der Waals surface area contributed by atoms with Crippen LogP contribution in [0.5, 0.6) is 0 Å². The van der Waals surface area contributed by atoms with Crippen LogP contribution in [0, 0.1) is 3.57 Å². The highest BCUT2D eigenvalue weighted by atomic mass is 127. The fourth-order valence-corrected chi connectivity index (χ4v) is 3.50. The van der Waals surface area contributed by atoms with Gasteiger partial charge in [0.1, 0.15) is 0 Å². The number of halogens is 1. The predicted octanol–water partition coefficient (Wildman–Crippen LogP) is 4.13. The summed E-state index contributed by atoms with van der Waals surface area (Å²) in [4.78, 5) is 13.6.